The average molecular weight is 302 g/mol. The fourth-order valence-electron chi connectivity index (χ4n) is 1.63. The van der Waals surface area contributed by atoms with Gasteiger partial charge in [-0.25, -0.2) is 4.79 Å². The predicted molar refractivity (Wildman–Crippen MR) is 76.8 cm³/mol. The van der Waals surface area contributed by atoms with Crippen molar-refractivity contribution in [1.82, 2.24) is 0 Å². The Morgan fingerprint density at radius 2 is 1.43 bits per heavy atom. The minimum absolute atomic E-state index is 0.182. The molecule has 0 aromatic carbocycles. The number of rotatable bonds is 12. The van der Waals surface area contributed by atoms with Crippen LogP contribution in [0.15, 0.2) is 0 Å². The van der Waals surface area contributed by atoms with E-state index in [0.717, 1.165) is 20.0 Å². The molecule has 6 nitrogen and oxygen atoms in total. The van der Waals surface area contributed by atoms with E-state index in [0.29, 0.717) is 12.8 Å². The SMILES string of the molecule is CCCCOC(OCCCC)(C(=O)CC(C)=O)C(=O)OC. The summed E-state index contributed by atoms with van der Waals surface area (Å²) in [7, 11) is 1.16. The number of hydrogen-bond acceptors (Lipinski definition) is 6. The van der Waals surface area contributed by atoms with Gasteiger partial charge < -0.3 is 14.2 Å². The summed E-state index contributed by atoms with van der Waals surface area (Å²) < 4.78 is 15.5. The molecule has 0 bridgehead atoms. The Kier molecular flexibility index (Phi) is 9.82. The molecule has 0 N–H and O–H groups in total. The van der Waals surface area contributed by atoms with Gasteiger partial charge in [0.05, 0.1) is 26.7 Å². The van der Waals surface area contributed by atoms with E-state index in [-0.39, 0.29) is 19.0 Å². The largest absolute Gasteiger partial charge is 0.465 e. The van der Waals surface area contributed by atoms with Crippen molar-refractivity contribution >= 4 is 17.5 Å². The number of carbonyl (C=O) groups excluding carboxylic acids is 3. The van der Waals surface area contributed by atoms with Crippen LogP contribution in [-0.2, 0) is 28.6 Å². The van der Waals surface area contributed by atoms with Gasteiger partial charge in [-0.3, -0.25) is 9.59 Å². The summed E-state index contributed by atoms with van der Waals surface area (Å²) >= 11 is 0. The predicted octanol–water partition coefficient (Wildman–Crippen LogP) is 2.04. The molecule has 0 aliphatic heterocycles. The zero-order valence-electron chi connectivity index (χ0n) is 13.4. The Morgan fingerprint density at radius 3 is 1.76 bits per heavy atom. The fraction of sp³-hybridized carbons (Fsp3) is 0.800. The van der Waals surface area contributed by atoms with E-state index in [1.54, 1.807) is 0 Å². The minimum atomic E-state index is -2.12. The molecular formula is C15H26O6. The molecule has 0 saturated heterocycles. The molecule has 0 amide bonds. The van der Waals surface area contributed by atoms with Crippen LogP contribution in [0.3, 0.4) is 0 Å². The van der Waals surface area contributed by atoms with Crippen molar-refractivity contribution in [1.29, 1.82) is 0 Å². The van der Waals surface area contributed by atoms with E-state index >= 15 is 0 Å². The first-order valence-corrected chi connectivity index (χ1v) is 7.33. The number of hydrogen-bond donors (Lipinski definition) is 0. The molecule has 0 radical (unpaired) electrons. The van der Waals surface area contributed by atoms with Gasteiger partial charge in [0, 0.05) is 0 Å². The normalized spacial score (nSPS) is 11.2. The molecule has 122 valence electrons. The summed E-state index contributed by atoms with van der Waals surface area (Å²) in [5.74, 6) is -4.11. The number of carbonyl (C=O) groups is 3. The molecular weight excluding hydrogens is 276 g/mol. The van der Waals surface area contributed by atoms with Crippen molar-refractivity contribution in [3.05, 3.63) is 0 Å². The molecule has 0 heterocycles. The van der Waals surface area contributed by atoms with Crippen molar-refractivity contribution in [3.8, 4) is 0 Å². The lowest BCUT2D eigenvalue weighted by Crippen LogP contribution is -2.53. The quantitative estimate of drug-likeness (QED) is 0.237. The summed E-state index contributed by atoms with van der Waals surface area (Å²) in [6.07, 6.45) is 2.60. The molecule has 0 spiro atoms. The number of unbranched alkanes of at least 4 members (excludes halogenated alkanes) is 2. The molecule has 0 fully saturated rings. The van der Waals surface area contributed by atoms with Crippen LogP contribution in [0.4, 0.5) is 0 Å². The van der Waals surface area contributed by atoms with Gasteiger partial charge in [-0.2, -0.15) is 0 Å². The van der Waals surface area contributed by atoms with E-state index < -0.39 is 24.0 Å². The van der Waals surface area contributed by atoms with E-state index in [1.807, 2.05) is 13.8 Å². The zero-order valence-corrected chi connectivity index (χ0v) is 13.4. The van der Waals surface area contributed by atoms with Gasteiger partial charge >= 0.3 is 11.8 Å². The highest BCUT2D eigenvalue weighted by Crippen LogP contribution is 2.21. The molecule has 6 heteroatoms. The standard InChI is InChI=1S/C15H26O6/c1-5-7-9-20-15(14(18)19-4,21-10-8-6-2)13(17)11-12(3)16/h5-11H2,1-4H3. The molecule has 0 aromatic rings. The maximum absolute atomic E-state index is 12.3. The van der Waals surface area contributed by atoms with E-state index in [2.05, 4.69) is 4.74 Å². The maximum atomic E-state index is 12.3. The Bertz CT molecular complexity index is 340. The molecule has 0 saturated carbocycles. The van der Waals surface area contributed by atoms with Gasteiger partial charge in [0.15, 0.2) is 0 Å². The lowest BCUT2D eigenvalue weighted by molar-refractivity contribution is -0.239. The number of esters is 1. The van der Waals surface area contributed by atoms with Crippen LogP contribution in [0.25, 0.3) is 0 Å². The lowest BCUT2D eigenvalue weighted by Gasteiger charge is -2.29. The second-order valence-electron chi connectivity index (χ2n) is 4.81. The Morgan fingerprint density at radius 1 is 0.952 bits per heavy atom. The van der Waals surface area contributed by atoms with E-state index in [9.17, 15) is 14.4 Å². The minimum Gasteiger partial charge on any atom is -0.465 e. The maximum Gasteiger partial charge on any atom is 0.375 e. The summed E-state index contributed by atoms with van der Waals surface area (Å²) in [6.45, 7) is 5.55. The highest BCUT2D eigenvalue weighted by atomic mass is 16.7. The second-order valence-corrected chi connectivity index (χ2v) is 4.81. The average Bonchev–Trinajstić information content (AvgIpc) is 2.44. The summed E-state index contributed by atoms with van der Waals surface area (Å²) in [5, 5.41) is 0. The summed E-state index contributed by atoms with van der Waals surface area (Å²) in [5.41, 5.74) is 0. The summed E-state index contributed by atoms with van der Waals surface area (Å²) in [4.78, 5) is 35.5. The van der Waals surface area contributed by atoms with Gasteiger partial charge in [-0.15, -0.1) is 0 Å². The molecule has 0 aromatic heterocycles. The monoisotopic (exact) mass is 302 g/mol. The third-order valence-electron chi connectivity index (χ3n) is 2.84. The Labute approximate surface area is 126 Å². The third-order valence-corrected chi connectivity index (χ3v) is 2.84. The van der Waals surface area contributed by atoms with Crippen molar-refractivity contribution in [2.75, 3.05) is 20.3 Å². The number of methoxy groups -OCH3 is 1. The van der Waals surface area contributed by atoms with E-state index in [1.165, 1.54) is 6.92 Å². The van der Waals surface area contributed by atoms with Crippen LogP contribution in [0.2, 0.25) is 0 Å². The Hall–Kier alpha value is -1.27. The molecule has 0 aliphatic rings. The van der Waals surface area contributed by atoms with E-state index in [4.69, 9.17) is 9.47 Å². The smallest absolute Gasteiger partial charge is 0.375 e. The molecule has 0 rings (SSSR count). The van der Waals surface area contributed by atoms with Gasteiger partial charge in [0.1, 0.15) is 5.78 Å². The lowest BCUT2D eigenvalue weighted by atomic mass is 10.1. The van der Waals surface area contributed by atoms with Crippen LogP contribution < -0.4 is 0 Å². The number of Topliss-reactive ketones (excluding diaryl/α,β-unsaturated/α-hetero) is 2. The second kappa shape index (κ2) is 10.5. The van der Waals surface area contributed by atoms with Crippen LogP contribution in [-0.4, -0.2) is 43.6 Å². The zero-order chi connectivity index (χ0) is 16.3. The number of ketones is 2. The molecule has 0 atom stereocenters. The summed E-state index contributed by atoms with van der Waals surface area (Å²) in [6, 6.07) is 0. The molecule has 0 unspecified atom stereocenters. The third kappa shape index (κ3) is 6.35. The highest BCUT2D eigenvalue weighted by Gasteiger charge is 2.50. The first-order valence-electron chi connectivity index (χ1n) is 7.33. The number of ether oxygens (including phenoxy) is 3. The van der Waals surface area contributed by atoms with Gasteiger partial charge in [-0.05, 0) is 19.8 Å². The van der Waals surface area contributed by atoms with Crippen LogP contribution >= 0.6 is 0 Å². The Balaban J connectivity index is 5.21. The van der Waals surface area contributed by atoms with Crippen LogP contribution in [0.1, 0.15) is 52.9 Å². The van der Waals surface area contributed by atoms with Crippen molar-refractivity contribution in [3.63, 3.8) is 0 Å². The van der Waals surface area contributed by atoms with Crippen molar-refractivity contribution in [2.24, 2.45) is 0 Å². The van der Waals surface area contributed by atoms with Gasteiger partial charge in [0.25, 0.3) is 0 Å². The highest BCUT2D eigenvalue weighted by molar-refractivity contribution is 6.12. The van der Waals surface area contributed by atoms with Crippen LogP contribution in [0.5, 0.6) is 0 Å². The van der Waals surface area contributed by atoms with Gasteiger partial charge in [0.2, 0.25) is 5.78 Å². The van der Waals surface area contributed by atoms with Gasteiger partial charge in [-0.1, -0.05) is 26.7 Å². The topological polar surface area (TPSA) is 78.9 Å². The van der Waals surface area contributed by atoms with Crippen LogP contribution in [0, 0.1) is 0 Å². The molecule has 21 heavy (non-hydrogen) atoms. The van der Waals surface area contributed by atoms with Crippen molar-refractivity contribution in [2.45, 2.75) is 58.7 Å². The first kappa shape index (κ1) is 19.7. The van der Waals surface area contributed by atoms with Crippen molar-refractivity contribution < 1.29 is 28.6 Å². The molecule has 0 aliphatic carbocycles. The fourth-order valence-corrected chi connectivity index (χ4v) is 1.63. The first-order chi connectivity index (χ1) is 9.94.